The average Bonchev–Trinajstić information content (AvgIpc) is 3.18. The number of nitrogens with zero attached hydrogens (tertiary/aromatic N) is 2. The molecule has 4 aromatic rings. The summed E-state index contributed by atoms with van der Waals surface area (Å²) in [6, 6.07) is 12.3. The Balaban J connectivity index is 1.66. The molecule has 0 spiro atoms. The second-order valence-corrected chi connectivity index (χ2v) is 7.67. The maximum absolute atomic E-state index is 5.86. The van der Waals surface area contributed by atoms with Crippen LogP contribution < -0.4 is 0 Å². The van der Waals surface area contributed by atoms with E-state index in [1.807, 2.05) is 18.3 Å². The second-order valence-electron chi connectivity index (χ2n) is 7.67. The molecule has 0 aliphatic carbocycles. The van der Waals surface area contributed by atoms with E-state index in [4.69, 9.17) is 9.40 Å². The summed E-state index contributed by atoms with van der Waals surface area (Å²) in [6.45, 7) is 8.73. The summed E-state index contributed by atoms with van der Waals surface area (Å²) in [7, 11) is 0. The zero-order chi connectivity index (χ0) is 17.6. The van der Waals surface area contributed by atoms with E-state index in [1.54, 1.807) is 0 Å². The van der Waals surface area contributed by atoms with Crippen molar-refractivity contribution in [1.82, 2.24) is 15.0 Å². The summed E-state index contributed by atoms with van der Waals surface area (Å²) in [5.74, 6) is 1.36. The molecule has 25 heavy (non-hydrogen) atoms. The maximum atomic E-state index is 5.86. The summed E-state index contributed by atoms with van der Waals surface area (Å²) >= 11 is 0. The van der Waals surface area contributed by atoms with Gasteiger partial charge in [0.15, 0.2) is 5.58 Å². The third-order valence-electron chi connectivity index (χ3n) is 4.76. The van der Waals surface area contributed by atoms with Crippen molar-refractivity contribution in [1.29, 1.82) is 0 Å². The Morgan fingerprint density at radius 2 is 1.96 bits per heavy atom. The van der Waals surface area contributed by atoms with Crippen LogP contribution in [0.5, 0.6) is 0 Å². The zero-order valence-corrected chi connectivity index (χ0v) is 15.1. The number of aromatic amines is 1. The first-order valence-electron chi connectivity index (χ1n) is 8.76. The van der Waals surface area contributed by atoms with Crippen LogP contribution in [0.3, 0.4) is 0 Å². The lowest BCUT2D eigenvalue weighted by molar-refractivity contribution is 0.503. The van der Waals surface area contributed by atoms with Crippen molar-refractivity contribution in [3.05, 3.63) is 59.7 Å². The number of nitrogens with one attached hydrogen (secondary N) is 1. The van der Waals surface area contributed by atoms with Gasteiger partial charge < -0.3 is 9.40 Å². The molecule has 0 bridgehead atoms. The summed E-state index contributed by atoms with van der Waals surface area (Å²) in [4.78, 5) is 12.7. The highest BCUT2D eigenvalue weighted by molar-refractivity contribution is 5.76. The van der Waals surface area contributed by atoms with Gasteiger partial charge in [-0.15, -0.1) is 0 Å². The third kappa shape index (κ3) is 2.93. The molecule has 4 aromatic heterocycles. The molecule has 1 N–H and O–H groups in total. The molecule has 0 unspecified atom stereocenters. The maximum Gasteiger partial charge on any atom is 0.152 e. The summed E-state index contributed by atoms with van der Waals surface area (Å²) in [5.41, 5.74) is 6.07. The molecule has 4 nitrogen and oxygen atoms in total. The van der Waals surface area contributed by atoms with Crippen molar-refractivity contribution < 1.29 is 4.42 Å². The van der Waals surface area contributed by atoms with E-state index in [-0.39, 0.29) is 5.41 Å². The molecule has 0 atom stereocenters. The van der Waals surface area contributed by atoms with E-state index in [0.29, 0.717) is 5.92 Å². The number of hydrogen-bond donors (Lipinski definition) is 1. The molecular formula is C21H23N3O. The van der Waals surface area contributed by atoms with Crippen LogP contribution in [0.1, 0.15) is 50.8 Å². The van der Waals surface area contributed by atoms with Crippen LogP contribution in [0, 0.1) is 0 Å². The predicted molar refractivity (Wildman–Crippen MR) is 101 cm³/mol. The number of rotatable bonds is 4. The van der Waals surface area contributed by atoms with Gasteiger partial charge in [-0.1, -0.05) is 27.7 Å². The summed E-state index contributed by atoms with van der Waals surface area (Å²) < 4.78 is 5.86. The topological polar surface area (TPSA) is 54.7 Å². The second kappa shape index (κ2) is 5.73. The molecule has 0 aliphatic rings. The van der Waals surface area contributed by atoms with E-state index < -0.39 is 0 Å². The Morgan fingerprint density at radius 3 is 2.72 bits per heavy atom. The first-order valence-corrected chi connectivity index (χ1v) is 8.76. The van der Waals surface area contributed by atoms with Gasteiger partial charge in [0.05, 0.1) is 11.0 Å². The first-order chi connectivity index (χ1) is 11.9. The molecule has 4 heterocycles. The zero-order valence-electron chi connectivity index (χ0n) is 15.1. The number of furan rings is 1. The monoisotopic (exact) mass is 333 g/mol. The Labute approximate surface area is 147 Å². The quantitative estimate of drug-likeness (QED) is 0.548. The smallest absolute Gasteiger partial charge is 0.152 e. The average molecular weight is 333 g/mol. The minimum Gasteiger partial charge on any atom is -0.459 e. The van der Waals surface area contributed by atoms with Crippen LogP contribution in [-0.4, -0.2) is 15.0 Å². The Hall–Kier alpha value is -2.62. The van der Waals surface area contributed by atoms with Crippen molar-refractivity contribution in [3.63, 3.8) is 0 Å². The number of aromatic nitrogens is 3. The van der Waals surface area contributed by atoms with Crippen LogP contribution in [0.25, 0.3) is 22.1 Å². The molecule has 4 heteroatoms. The van der Waals surface area contributed by atoms with Gasteiger partial charge in [0.1, 0.15) is 11.3 Å². The fourth-order valence-corrected chi connectivity index (χ4v) is 3.24. The van der Waals surface area contributed by atoms with Crippen molar-refractivity contribution >= 4 is 22.1 Å². The van der Waals surface area contributed by atoms with E-state index in [2.05, 4.69) is 61.9 Å². The van der Waals surface area contributed by atoms with Crippen LogP contribution in [0.4, 0.5) is 0 Å². The van der Waals surface area contributed by atoms with Gasteiger partial charge in [-0.2, -0.15) is 0 Å². The van der Waals surface area contributed by atoms with E-state index in [1.165, 1.54) is 5.69 Å². The third-order valence-corrected chi connectivity index (χ3v) is 4.76. The molecule has 0 saturated heterocycles. The van der Waals surface area contributed by atoms with Crippen molar-refractivity contribution in [2.45, 2.75) is 45.4 Å². The van der Waals surface area contributed by atoms with Gasteiger partial charge in [0, 0.05) is 41.4 Å². The Morgan fingerprint density at radius 1 is 1.12 bits per heavy atom. The minimum absolute atomic E-state index is 0.0635. The van der Waals surface area contributed by atoms with Gasteiger partial charge in [0.25, 0.3) is 0 Å². The normalized spacial score (nSPS) is 12.5. The largest absolute Gasteiger partial charge is 0.459 e. The minimum atomic E-state index is -0.0635. The molecule has 0 radical (unpaired) electrons. The SMILES string of the molecule is CC(C)c1cc2nc(CC(C)(C)c3cc4ncccc4[nH]3)ccc2o1. The highest BCUT2D eigenvalue weighted by Crippen LogP contribution is 2.30. The summed E-state index contributed by atoms with van der Waals surface area (Å²) in [6.07, 6.45) is 2.67. The van der Waals surface area contributed by atoms with E-state index >= 15 is 0 Å². The Bertz CT molecular complexity index is 1010. The van der Waals surface area contributed by atoms with Gasteiger partial charge in [-0.3, -0.25) is 4.98 Å². The fourth-order valence-electron chi connectivity index (χ4n) is 3.24. The molecule has 128 valence electrons. The van der Waals surface area contributed by atoms with Crippen molar-refractivity contribution in [3.8, 4) is 0 Å². The molecule has 0 fully saturated rings. The van der Waals surface area contributed by atoms with Crippen LogP contribution in [0.15, 0.2) is 47.0 Å². The molecule has 0 amide bonds. The molecule has 4 rings (SSSR count). The number of H-pyrrole nitrogens is 1. The molecule has 0 aromatic carbocycles. The number of hydrogen-bond acceptors (Lipinski definition) is 3. The predicted octanol–water partition coefficient (Wildman–Crippen LogP) is 5.35. The first kappa shape index (κ1) is 15.9. The Kier molecular flexibility index (Phi) is 3.64. The lowest BCUT2D eigenvalue weighted by Crippen LogP contribution is -2.21. The lowest BCUT2D eigenvalue weighted by Gasteiger charge is -2.23. The van der Waals surface area contributed by atoms with Crippen LogP contribution in [-0.2, 0) is 11.8 Å². The van der Waals surface area contributed by atoms with Crippen molar-refractivity contribution in [2.24, 2.45) is 0 Å². The van der Waals surface area contributed by atoms with Gasteiger partial charge in [0.2, 0.25) is 0 Å². The molecular weight excluding hydrogens is 310 g/mol. The van der Waals surface area contributed by atoms with Crippen molar-refractivity contribution in [2.75, 3.05) is 0 Å². The molecule has 0 aliphatic heterocycles. The highest BCUT2D eigenvalue weighted by atomic mass is 16.3. The van der Waals surface area contributed by atoms with Crippen LogP contribution in [0.2, 0.25) is 0 Å². The fraction of sp³-hybridized carbons (Fsp3) is 0.333. The van der Waals surface area contributed by atoms with Gasteiger partial charge in [-0.25, -0.2) is 4.98 Å². The van der Waals surface area contributed by atoms with Gasteiger partial charge in [-0.05, 0) is 30.3 Å². The van der Waals surface area contributed by atoms with Crippen LogP contribution >= 0.6 is 0 Å². The standard InChI is InChI=1S/C21H23N3O/c1-13(2)19-10-17-18(25-19)8-7-14(23-17)12-21(3,4)20-11-16-15(24-20)6-5-9-22-16/h5-11,13,24H,12H2,1-4H3. The molecule has 0 saturated carbocycles. The highest BCUT2D eigenvalue weighted by Gasteiger charge is 2.24. The lowest BCUT2D eigenvalue weighted by atomic mass is 9.84. The number of pyridine rings is 2. The van der Waals surface area contributed by atoms with E-state index in [9.17, 15) is 0 Å². The van der Waals surface area contributed by atoms with Gasteiger partial charge >= 0.3 is 0 Å². The number of fused-ring (bicyclic) bond motifs is 2. The summed E-state index contributed by atoms with van der Waals surface area (Å²) in [5, 5.41) is 0. The van der Waals surface area contributed by atoms with E-state index in [0.717, 1.165) is 40.0 Å².